The quantitative estimate of drug-likeness (QED) is 0.794. The zero-order chi connectivity index (χ0) is 12.8. The van der Waals surface area contributed by atoms with Gasteiger partial charge < -0.3 is 9.84 Å². The molecule has 2 rings (SSSR count). The van der Waals surface area contributed by atoms with Crippen LogP contribution in [-0.2, 0) is 11.3 Å². The van der Waals surface area contributed by atoms with E-state index in [4.69, 9.17) is 9.84 Å². The van der Waals surface area contributed by atoms with Crippen LogP contribution in [-0.4, -0.2) is 22.7 Å². The summed E-state index contributed by atoms with van der Waals surface area (Å²) >= 11 is 0. The molecule has 92 valence electrons. The van der Waals surface area contributed by atoms with Crippen molar-refractivity contribution in [3.05, 3.63) is 54.5 Å². The van der Waals surface area contributed by atoms with Gasteiger partial charge >= 0.3 is 5.97 Å². The fourth-order valence-corrected chi connectivity index (χ4v) is 1.51. The van der Waals surface area contributed by atoms with E-state index in [1.807, 2.05) is 34.9 Å². The van der Waals surface area contributed by atoms with Gasteiger partial charge in [0.25, 0.3) is 5.88 Å². The van der Waals surface area contributed by atoms with Crippen molar-refractivity contribution < 1.29 is 19.2 Å². The van der Waals surface area contributed by atoms with Crippen LogP contribution in [0, 0.1) is 0 Å². The van der Waals surface area contributed by atoms with Gasteiger partial charge in [-0.2, -0.15) is 4.57 Å². The molecule has 0 radical (unpaired) electrons. The second-order valence-corrected chi connectivity index (χ2v) is 3.73. The van der Waals surface area contributed by atoms with Crippen LogP contribution >= 0.6 is 0 Å². The van der Waals surface area contributed by atoms with Gasteiger partial charge in [-0.25, -0.2) is 9.78 Å². The molecule has 0 unspecified atom stereocenters. The topological polar surface area (TPSA) is 63.3 Å². The number of rotatable bonds is 5. The molecule has 0 atom stereocenters. The monoisotopic (exact) mass is 245 g/mol. The Labute approximate surface area is 104 Å². The molecule has 0 aliphatic rings. The van der Waals surface area contributed by atoms with Crippen molar-refractivity contribution in [1.29, 1.82) is 0 Å². The maximum absolute atomic E-state index is 10.4. The van der Waals surface area contributed by atoms with Gasteiger partial charge in [0.1, 0.15) is 0 Å². The van der Waals surface area contributed by atoms with Gasteiger partial charge in [0.2, 0.25) is 6.20 Å². The summed E-state index contributed by atoms with van der Waals surface area (Å²) in [6, 6.07) is 9.94. The first kappa shape index (κ1) is 12.0. The number of nitrogens with zero attached hydrogens (tertiary/aromatic N) is 2. The van der Waals surface area contributed by atoms with Gasteiger partial charge in [0.05, 0.1) is 6.20 Å². The van der Waals surface area contributed by atoms with Gasteiger partial charge in [-0.3, -0.25) is 0 Å². The fraction of sp³-hybridized carbons (Fsp3) is 0.154. The van der Waals surface area contributed by atoms with Gasteiger partial charge in [-0.1, -0.05) is 30.3 Å². The van der Waals surface area contributed by atoms with E-state index in [2.05, 4.69) is 4.98 Å². The van der Waals surface area contributed by atoms with E-state index in [0.29, 0.717) is 12.4 Å². The summed E-state index contributed by atoms with van der Waals surface area (Å²) in [7, 11) is 0. The normalized spacial score (nSPS) is 10.0. The third-order valence-electron chi connectivity index (χ3n) is 2.29. The molecule has 0 fully saturated rings. The maximum Gasteiger partial charge on any atom is 0.341 e. The van der Waals surface area contributed by atoms with Crippen LogP contribution in [0.1, 0.15) is 5.56 Å². The molecular weight excluding hydrogens is 232 g/mol. The van der Waals surface area contributed by atoms with E-state index in [1.165, 1.54) is 0 Å². The number of aromatic nitrogens is 2. The molecule has 1 aromatic carbocycles. The summed E-state index contributed by atoms with van der Waals surface area (Å²) < 4.78 is 6.90. The summed E-state index contributed by atoms with van der Waals surface area (Å²) in [5.41, 5.74) is 1.15. The molecule has 5 heteroatoms. The summed E-state index contributed by atoms with van der Waals surface area (Å²) in [6.07, 6.45) is 5.07. The maximum atomic E-state index is 10.4. The largest absolute Gasteiger partial charge is 0.479 e. The molecule has 0 aliphatic heterocycles. The second kappa shape index (κ2) is 5.77. The summed E-state index contributed by atoms with van der Waals surface area (Å²) in [4.78, 5) is 14.3. The van der Waals surface area contributed by atoms with E-state index in [-0.39, 0.29) is 6.61 Å². The number of hydrogen-bond donors (Lipinski definition) is 1. The highest BCUT2D eigenvalue weighted by molar-refractivity contribution is 5.68. The molecule has 2 aromatic rings. The lowest BCUT2D eigenvalue weighted by molar-refractivity contribution is -0.689. The molecular formula is C13H13N2O3+. The van der Waals surface area contributed by atoms with Crippen molar-refractivity contribution in [3.63, 3.8) is 0 Å². The molecule has 5 nitrogen and oxygen atoms in total. The lowest BCUT2D eigenvalue weighted by atomic mass is 10.2. The first-order valence-corrected chi connectivity index (χ1v) is 5.47. The zero-order valence-electron chi connectivity index (χ0n) is 9.69. The smallest absolute Gasteiger partial charge is 0.341 e. The van der Waals surface area contributed by atoms with Gasteiger partial charge in [0.15, 0.2) is 19.3 Å². The van der Waals surface area contributed by atoms with E-state index in [0.717, 1.165) is 5.56 Å². The second-order valence-electron chi connectivity index (χ2n) is 3.73. The van der Waals surface area contributed by atoms with Gasteiger partial charge in [-0.15, -0.1) is 0 Å². The number of carbonyl (C=O) groups is 1. The van der Waals surface area contributed by atoms with Crippen molar-refractivity contribution in [3.8, 4) is 5.88 Å². The molecule has 0 spiro atoms. The van der Waals surface area contributed by atoms with Crippen molar-refractivity contribution in [1.82, 2.24) is 4.98 Å². The van der Waals surface area contributed by atoms with Crippen LogP contribution in [0.25, 0.3) is 0 Å². The minimum Gasteiger partial charge on any atom is -0.479 e. The zero-order valence-corrected chi connectivity index (χ0v) is 9.69. The highest BCUT2D eigenvalue weighted by Crippen LogP contribution is 2.02. The minimum absolute atomic E-state index is 0.302. The van der Waals surface area contributed by atoms with Gasteiger partial charge in [-0.05, 0) is 0 Å². The summed E-state index contributed by atoms with van der Waals surface area (Å²) in [5.74, 6) is -0.717. The number of ether oxygens (including phenoxy) is 1. The number of carboxylic acid groups (broad SMARTS) is 1. The average Bonchev–Trinajstić information content (AvgIpc) is 2.38. The Morgan fingerprint density at radius 1 is 1.33 bits per heavy atom. The number of benzene rings is 1. The lowest BCUT2D eigenvalue weighted by Crippen LogP contribution is -2.33. The van der Waals surface area contributed by atoms with Crippen LogP contribution in [0.3, 0.4) is 0 Å². The van der Waals surface area contributed by atoms with Crippen molar-refractivity contribution >= 4 is 5.97 Å². The lowest BCUT2D eigenvalue weighted by Gasteiger charge is -2.01. The van der Waals surface area contributed by atoms with Crippen LogP contribution in [0.15, 0.2) is 48.9 Å². The Hall–Kier alpha value is -2.43. The first-order chi connectivity index (χ1) is 8.74. The molecule has 0 amide bonds. The molecule has 0 aliphatic carbocycles. The Morgan fingerprint density at radius 3 is 2.83 bits per heavy atom. The Kier molecular flexibility index (Phi) is 3.86. The van der Waals surface area contributed by atoms with Crippen molar-refractivity contribution in [2.45, 2.75) is 6.54 Å². The number of hydrogen-bond acceptors (Lipinski definition) is 3. The predicted octanol–water partition coefficient (Wildman–Crippen LogP) is 0.881. The van der Waals surface area contributed by atoms with E-state index in [9.17, 15) is 4.79 Å². The SMILES string of the molecule is O=C(O)COc1c[n+](Cc2ccccc2)ccn1. The third kappa shape index (κ3) is 3.55. The summed E-state index contributed by atoms with van der Waals surface area (Å²) in [5, 5.41) is 8.52. The van der Waals surface area contributed by atoms with Crippen LogP contribution in [0.4, 0.5) is 0 Å². The highest BCUT2D eigenvalue weighted by Gasteiger charge is 2.07. The van der Waals surface area contributed by atoms with E-state index < -0.39 is 5.97 Å². The highest BCUT2D eigenvalue weighted by atomic mass is 16.5. The molecule has 1 N–H and O–H groups in total. The van der Waals surface area contributed by atoms with Crippen LogP contribution in [0.2, 0.25) is 0 Å². The van der Waals surface area contributed by atoms with Crippen LogP contribution < -0.4 is 9.30 Å². The van der Waals surface area contributed by atoms with Crippen molar-refractivity contribution in [2.75, 3.05) is 6.61 Å². The molecule has 1 aromatic heterocycles. The summed E-state index contributed by atoms with van der Waals surface area (Å²) in [6.45, 7) is 0.301. The molecule has 18 heavy (non-hydrogen) atoms. The third-order valence-corrected chi connectivity index (χ3v) is 2.29. The molecule has 0 saturated carbocycles. The van der Waals surface area contributed by atoms with Crippen LogP contribution in [0.5, 0.6) is 5.88 Å². The molecule has 1 heterocycles. The number of carboxylic acids is 1. The average molecular weight is 245 g/mol. The predicted molar refractivity (Wildman–Crippen MR) is 63.1 cm³/mol. The molecule has 0 saturated heterocycles. The fourth-order valence-electron chi connectivity index (χ4n) is 1.51. The first-order valence-electron chi connectivity index (χ1n) is 5.47. The minimum atomic E-state index is -1.02. The standard InChI is InChI=1S/C13H12N2O3/c16-13(17)10-18-12-9-15(7-6-14-12)8-11-4-2-1-3-5-11/h1-7,9H,8,10H2/p+1. The Balaban J connectivity index is 2.05. The Bertz CT molecular complexity index is 529. The molecule has 0 bridgehead atoms. The Morgan fingerprint density at radius 2 is 2.11 bits per heavy atom. The van der Waals surface area contributed by atoms with E-state index >= 15 is 0 Å². The number of aliphatic carboxylic acids is 1. The van der Waals surface area contributed by atoms with Crippen molar-refractivity contribution in [2.24, 2.45) is 0 Å². The van der Waals surface area contributed by atoms with E-state index in [1.54, 1.807) is 18.6 Å². The van der Waals surface area contributed by atoms with Gasteiger partial charge in [0, 0.05) is 5.56 Å².